The number of thiophene rings is 1. The van der Waals surface area contributed by atoms with Gasteiger partial charge in [0, 0.05) is 20.1 Å². The topological polar surface area (TPSA) is 29.5 Å². The van der Waals surface area contributed by atoms with Gasteiger partial charge in [0.15, 0.2) is 5.78 Å². The van der Waals surface area contributed by atoms with Crippen LogP contribution in [0, 0.1) is 0 Å². The predicted molar refractivity (Wildman–Crippen MR) is 74.4 cm³/mol. The first-order valence-corrected chi connectivity index (χ1v) is 7.49. The summed E-state index contributed by atoms with van der Waals surface area (Å²) in [6.45, 7) is 3.17. The minimum atomic E-state index is 0.283. The highest BCUT2D eigenvalue weighted by Crippen LogP contribution is 2.15. The van der Waals surface area contributed by atoms with Gasteiger partial charge in [0.1, 0.15) is 0 Å². The van der Waals surface area contributed by atoms with Crippen molar-refractivity contribution in [3.05, 3.63) is 22.4 Å². The number of ether oxygens (including phenoxy) is 1. The molecule has 0 amide bonds. The van der Waals surface area contributed by atoms with E-state index in [2.05, 4.69) is 4.90 Å². The molecule has 2 heterocycles. The lowest BCUT2D eigenvalue weighted by Gasteiger charge is -2.31. The van der Waals surface area contributed by atoms with Crippen LogP contribution in [0.3, 0.4) is 0 Å². The highest BCUT2D eigenvalue weighted by Gasteiger charge is 2.19. The van der Waals surface area contributed by atoms with E-state index in [1.165, 1.54) is 24.2 Å². The summed E-state index contributed by atoms with van der Waals surface area (Å²) in [5, 5.41) is 1.96. The van der Waals surface area contributed by atoms with Crippen LogP contribution in [0.15, 0.2) is 17.5 Å². The third-order valence-electron chi connectivity index (χ3n) is 3.47. The third-order valence-corrected chi connectivity index (χ3v) is 4.38. The minimum Gasteiger partial charge on any atom is -0.380 e. The maximum absolute atomic E-state index is 11.8. The van der Waals surface area contributed by atoms with Gasteiger partial charge in [-0.15, -0.1) is 11.3 Å². The molecule has 18 heavy (non-hydrogen) atoms. The molecule has 1 fully saturated rings. The van der Waals surface area contributed by atoms with Crippen LogP contribution in [-0.2, 0) is 4.74 Å². The van der Waals surface area contributed by atoms with Gasteiger partial charge in [0.05, 0.1) is 11.0 Å². The second kappa shape index (κ2) is 7.02. The molecule has 100 valence electrons. The Morgan fingerprint density at radius 1 is 1.61 bits per heavy atom. The molecule has 1 aromatic rings. The molecule has 1 aromatic heterocycles. The number of nitrogens with zero attached hydrogens (tertiary/aromatic N) is 1. The summed E-state index contributed by atoms with van der Waals surface area (Å²) in [5.74, 6) is 0.283. The Morgan fingerprint density at radius 2 is 2.50 bits per heavy atom. The van der Waals surface area contributed by atoms with Crippen LogP contribution in [-0.4, -0.2) is 43.5 Å². The molecule has 0 bridgehead atoms. The number of methoxy groups -OCH3 is 1. The second-order valence-electron chi connectivity index (χ2n) is 4.80. The van der Waals surface area contributed by atoms with Gasteiger partial charge in [-0.1, -0.05) is 6.07 Å². The molecular formula is C14H21NO2S. The van der Waals surface area contributed by atoms with E-state index >= 15 is 0 Å². The number of piperidine rings is 1. The van der Waals surface area contributed by atoms with E-state index in [9.17, 15) is 4.79 Å². The SMILES string of the molecule is COC1CCCN(CCCC(=O)c2cccs2)C1. The van der Waals surface area contributed by atoms with E-state index in [-0.39, 0.29) is 5.78 Å². The average molecular weight is 267 g/mol. The fraction of sp³-hybridized carbons (Fsp3) is 0.643. The molecule has 0 aliphatic carbocycles. The van der Waals surface area contributed by atoms with Gasteiger partial charge >= 0.3 is 0 Å². The average Bonchev–Trinajstić information content (AvgIpc) is 2.93. The molecule has 1 unspecified atom stereocenters. The molecule has 1 atom stereocenters. The van der Waals surface area contributed by atoms with E-state index in [4.69, 9.17) is 4.74 Å². The zero-order valence-electron chi connectivity index (χ0n) is 10.9. The molecule has 4 heteroatoms. The molecule has 1 aliphatic heterocycles. The van der Waals surface area contributed by atoms with Crippen LogP contribution in [0.25, 0.3) is 0 Å². The van der Waals surface area contributed by atoms with Crippen LogP contribution in [0.1, 0.15) is 35.4 Å². The summed E-state index contributed by atoms with van der Waals surface area (Å²) < 4.78 is 5.40. The highest BCUT2D eigenvalue weighted by atomic mass is 32.1. The standard InChI is InChI=1S/C14H21NO2S/c1-17-12-5-2-8-15(11-12)9-3-6-13(16)14-7-4-10-18-14/h4,7,10,12H,2-3,5-6,8-9,11H2,1H3. The van der Waals surface area contributed by atoms with E-state index < -0.39 is 0 Å². The van der Waals surface area contributed by atoms with Crippen molar-refractivity contribution >= 4 is 17.1 Å². The zero-order chi connectivity index (χ0) is 12.8. The molecule has 0 spiro atoms. The quantitative estimate of drug-likeness (QED) is 0.742. The zero-order valence-corrected chi connectivity index (χ0v) is 11.7. The summed E-state index contributed by atoms with van der Waals surface area (Å²) in [4.78, 5) is 15.1. The van der Waals surface area contributed by atoms with Crippen LogP contribution in [0.5, 0.6) is 0 Å². The van der Waals surface area contributed by atoms with Crippen molar-refractivity contribution in [2.75, 3.05) is 26.7 Å². The van der Waals surface area contributed by atoms with Crippen molar-refractivity contribution in [2.45, 2.75) is 31.8 Å². The van der Waals surface area contributed by atoms with Crippen LogP contribution in [0.2, 0.25) is 0 Å². The molecule has 1 aliphatic rings. The van der Waals surface area contributed by atoms with Crippen molar-refractivity contribution in [1.29, 1.82) is 0 Å². The first-order chi connectivity index (χ1) is 8.79. The van der Waals surface area contributed by atoms with Gasteiger partial charge in [-0.3, -0.25) is 4.79 Å². The Kier molecular flexibility index (Phi) is 5.35. The summed E-state index contributed by atoms with van der Waals surface area (Å²) in [5.41, 5.74) is 0. The maximum atomic E-state index is 11.8. The van der Waals surface area contributed by atoms with Crippen molar-refractivity contribution in [3.63, 3.8) is 0 Å². The third kappa shape index (κ3) is 3.90. The molecular weight excluding hydrogens is 246 g/mol. The van der Waals surface area contributed by atoms with Gasteiger partial charge < -0.3 is 9.64 Å². The van der Waals surface area contributed by atoms with Crippen molar-refractivity contribution < 1.29 is 9.53 Å². The molecule has 0 saturated carbocycles. The van der Waals surface area contributed by atoms with Gasteiger partial charge in [-0.05, 0) is 43.8 Å². The van der Waals surface area contributed by atoms with Crippen molar-refractivity contribution in [1.82, 2.24) is 4.90 Å². The Bertz CT molecular complexity index is 364. The van der Waals surface area contributed by atoms with Gasteiger partial charge in [0.25, 0.3) is 0 Å². The molecule has 0 radical (unpaired) electrons. The normalized spacial score (nSPS) is 21.1. The molecule has 0 aromatic carbocycles. The number of carbonyl (C=O) groups excluding carboxylic acids is 1. The minimum absolute atomic E-state index is 0.283. The first kappa shape index (κ1) is 13.7. The molecule has 0 N–H and O–H groups in total. The summed E-state index contributed by atoms with van der Waals surface area (Å²) >= 11 is 1.54. The first-order valence-electron chi connectivity index (χ1n) is 6.61. The summed E-state index contributed by atoms with van der Waals surface area (Å²) in [6.07, 6.45) is 4.37. The largest absolute Gasteiger partial charge is 0.380 e. The molecule has 2 rings (SSSR count). The number of Topliss-reactive ketones (excluding diaryl/α,β-unsaturated/α-hetero) is 1. The Morgan fingerprint density at radius 3 is 3.22 bits per heavy atom. The van der Waals surface area contributed by atoms with Crippen molar-refractivity contribution in [3.8, 4) is 0 Å². The number of rotatable bonds is 6. The maximum Gasteiger partial charge on any atom is 0.172 e. The van der Waals surface area contributed by atoms with Crippen LogP contribution >= 0.6 is 11.3 Å². The monoisotopic (exact) mass is 267 g/mol. The highest BCUT2D eigenvalue weighted by molar-refractivity contribution is 7.12. The fourth-order valence-corrected chi connectivity index (χ4v) is 3.13. The Labute approximate surface area is 113 Å². The van der Waals surface area contributed by atoms with E-state index in [1.54, 1.807) is 7.11 Å². The Hall–Kier alpha value is -0.710. The van der Waals surface area contributed by atoms with Gasteiger partial charge in [-0.25, -0.2) is 0 Å². The number of ketones is 1. The number of hydrogen-bond acceptors (Lipinski definition) is 4. The van der Waals surface area contributed by atoms with E-state index in [0.29, 0.717) is 12.5 Å². The van der Waals surface area contributed by atoms with Crippen molar-refractivity contribution in [2.24, 2.45) is 0 Å². The molecule has 1 saturated heterocycles. The molecule has 3 nitrogen and oxygen atoms in total. The van der Waals surface area contributed by atoms with Crippen LogP contribution in [0.4, 0.5) is 0 Å². The van der Waals surface area contributed by atoms with E-state index in [0.717, 1.165) is 30.9 Å². The van der Waals surface area contributed by atoms with E-state index in [1.807, 2.05) is 17.5 Å². The van der Waals surface area contributed by atoms with Crippen LogP contribution < -0.4 is 0 Å². The number of hydrogen-bond donors (Lipinski definition) is 0. The lowest BCUT2D eigenvalue weighted by atomic mass is 10.1. The lowest BCUT2D eigenvalue weighted by molar-refractivity contribution is 0.0309. The smallest absolute Gasteiger partial charge is 0.172 e. The predicted octanol–water partition coefficient (Wildman–Crippen LogP) is 2.82. The fourth-order valence-electron chi connectivity index (χ4n) is 2.43. The summed E-state index contributed by atoms with van der Waals surface area (Å²) in [6, 6.07) is 3.85. The lowest BCUT2D eigenvalue weighted by Crippen LogP contribution is -2.39. The number of carbonyl (C=O) groups is 1. The van der Waals surface area contributed by atoms with Gasteiger partial charge in [-0.2, -0.15) is 0 Å². The van der Waals surface area contributed by atoms with Gasteiger partial charge in [0.2, 0.25) is 0 Å². The second-order valence-corrected chi connectivity index (χ2v) is 5.75. The summed E-state index contributed by atoms with van der Waals surface area (Å²) in [7, 11) is 1.79. The Balaban J connectivity index is 1.67. The number of likely N-dealkylation sites (tertiary alicyclic amines) is 1.